The van der Waals surface area contributed by atoms with Crippen LogP contribution in [0.25, 0.3) is 11.0 Å². The van der Waals surface area contributed by atoms with Crippen molar-refractivity contribution in [3.05, 3.63) is 53.2 Å². The van der Waals surface area contributed by atoms with Gasteiger partial charge >= 0.3 is 16.9 Å². The number of benzene rings is 1. The average Bonchev–Trinajstić information content (AvgIpc) is 2.94. The van der Waals surface area contributed by atoms with E-state index in [0.717, 1.165) is 10.6 Å². The Bertz CT molecular complexity index is 1290. The summed E-state index contributed by atoms with van der Waals surface area (Å²) in [7, 11) is -3.99. The molecule has 14 heteroatoms. The van der Waals surface area contributed by atoms with E-state index in [1.54, 1.807) is 0 Å². The lowest BCUT2D eigenvalue weighted by Gasteiger charge is -2.23. The zero-order valence-corrected chi connectivity index (χ0v) is 15.1. The number of hydrogen-bond acceptors (Lipinski definition) is 7. The van der Waals surface area contributed by atoms with E-state index in [1.807, 2.05) is 0 Å². The summed E-state index contributed by atoms with van der Waals surface area (Å²) in [5.41, 5.74) is -2.18. The van der Waals surface area contributed by atoms with Gasteiger partial charge in [-0.25, -0.2) is 13.2 Å². The fraction of sp³-hybridized carbons (Fsp3) is 0.167. The summed E-state index contributed by atoms with van der Waals surface area (Å²) in [6.45, 7) is -0.471. The van der Waals surface area contributed by atoms with E-state index in [1.165, 1.54) is 6.07 Å². The number of H-pyrrole nitrogens is 3. The molecule has 0 unspecified atom stereocenters. The Labute approximate surface area is 153 Å². The number of anilines is 1. The van der Waals surface area contributed by atoms with Crippen LogP contribution in [0, 0.1) is 0 Å². The van der Waals surface area contributed by atoms with Gasteiger partial charge in [0, 0.05) is 0 Å². The summed E-state index contributed by atoms with van der Waals surface area (Å²) in [5, 5.41) is 3.14. The molecule has 0 fully saturated rings. The van der Waals surface area contributed by atoms with Crippen molar-refractivity contribution in [1.82, 2.24) is 20.1 Å². The molecule has 0 aliphatic carbocycles. The van der Waals surface area contributed by atoms with E-state index in [9.17, 15) is 22.8 Å². The first-order valence-electron chi connectivity index (χ1n) is 6.75. The summed E-state index contributed by atoms with van der Waals surface area (Å²) < 4.78 is 29.7. The maximum atomic E-state index is 12.3. The molecule has 2 heterocycles. The predicted octanol–water partition coefficient (Wildman–Crippen LogP) is 0.166. The predicted molar refractivity (Wildman–Crippen MR) is 93.4 cm³/mol. The monoisotopic (exact) mass is 421 g/mol. The number of hydrogen-bond donors (Lipinski definition) is 3. The van der Waals surface area contributed by atoms with Gasteiger partial charge in [0.15, 0.2) is 5.82 Å². The van der Waals surface area contributed by atoms with Gasteiger partial charge in [0.05, 0.1) is 39.6 Å². The molecule has 0 atom stereocenters. The van der Waals surface area contributed by atoms with E-state index in [-0.39, 0.29) is 32.6 Å². The summed E-state index contributed by atoms with van der Waals surface area (Å²) in [6, 6.07) is 1.26. The smallest absolute Gasteiger partial charge is 0.316 e. The van der Waals surface area contributed by atoms with Gasteiger partial charge in [0.1, 0.15) is 0 Å². The molecule has 3 rings (SSSR count). The molecular weight excluding hydrogens is 413 g/mol. The van der Waals surface area contributed by atoms with Gasteiger partial charge in [-0.3, -0.25) is 23.4 Å². The molecule has 138 valence electrons. The zero-order valence-electron chi connectivity index (χ0n) is 12.8. The lowest BCUT2D eigenvalue weighted by molar-refractivity contribution is 0.381. The minimum absolute atomic E-state index is 0.0568. The van der Waals surface area contributed by atoms with Crippen LogP contribution in [-0.2, 0) is 16.6 Å². The van der Waals surface area contributed by atoms with Gasteiger partial charge < -0.3 is 9.97 Å². The van der Waals surface area contributed by atoms with E-state index in [4.69, 9.17) is 23.2 Å². The van der Waals surface area contributed by atoms with Gasteiger partial charge in [-0.05, 0) is 6.07 Å². The largest absolute Gasteiger partial charge is 0.438 e. The van der Waals surface area contributed by atoms with Gasteiger partial charge in [0.25, 0.3) is 0 Å². The van der Waals surface area contributed by atoms with Crippen LogP contribution in [-0.4, -0.2) is 34.8 Å². The molecule has 3 N–H and O–H groups in total. The number of aromatic amines is 3. The highest BCUT2D eigenvalue weighted by Crippen LogP contribution is 2.39. The van der Waals surface area contributed by atoms with Crippen LogP contribution >= 0.6 is 23.2 Å². The summed E-state index contributed by atoms with van der Waals surface area (Å²) in [5.74, 6) is -0.996. The fourth-order valence-corrected chi connectivity index (χ4v) is 3.62. The second-order valence-corrected chi connectivity index (χ2v) is 7.86. The van der Waals surface area contributed by atoms with Gasteiger partial charge in [-0.2, -0.15) is 0 Å². The summed E-state index contributed by atoms with van der Waals surface area (Å²) in [4.78, 5) is 41.1. The quantitative estimate of drug-likeness (QED) is 0.505. The number of aromatic nitrogens is 4. The number of sulfonamides is 1. The van der Waals surface area contributed by atoms with Crippen LogP contribution in [0.1, 0.15) is 5.82 Å². The Kier molecular flexibility index (Phi) is 4.42. The first kappa shape index (κ1) is 18.2. The van der Waals surface area contributed by atoms with Crippen molar-refractivity contribution >= 4 is 49.9 Å². The number of fused-ring (bicyclic) bond motifs is 1. The first-order chi connectivity index (χ1) is 12.1. The molecule has 0 bridgehead atoms. The third kappa shape index (κ3) is 3.25. The maximum Gasteiger partial charge on any atom is 0.438 e. The van der Waals surface area contributed by atoms with E-state index >= 15 is 0 Å². The lowest BCUT2D eigenvalue weighted by Crippen LogP contribution is -2.33. The zero-order chi connectivity index (χ0) is 19.2. The molecule has 0 radical (unpaired) electrons. The van der Waals surface area contributed by atoms with Crippen molar-refractivity contribution < 1.29 is 12.9 Å². The van der Waals surface area contributed by atoms with Crippen molar-refractivity contribution in [1.29, 1.82) is 0 Å². The van der Waals surface area contributed by atoms with Crippen molar-refractivity contribution in [2.75, 3.05) is 10.6 Å². The molecule has 0 saturated carbocycles. The minimum Gasteiger partial charge on any atom is -0.316 e. The van der Waals surface area contributed by atoms with E-state index < -0.39 is 33.4 Å². The Balaban J connectivity index is 2.36. The van der Waals surface area contributed by atoms with Crippen LogP contribution in [0.3, 0.4) is 0 Å². The highest BCUT2D eigenvalue weighted by atomic mass is 35.5. The molecule has 0 aliphatic rings. The lowest BCUT2D eigenvalue weighted by atomic mass is 10.2. The first-order valence-corrected chi connectivity index (χ1v) is 9.35. The van der Waals surface area contributed by atoms with Gasteiger partial charge in [0.2, 0.25) is 10.0 Å². The van der Waals surface area contributed by atoms with E-state index in [2.05, 4.69) is 24.6 Å². The van der Waals surface area contributed by atoms with Crippen LogP contribution in [0.5, 0.6) is 0 Å². The van der Waals surface area contributed by atoms with Crippen molar-refractivity contribution in [3.63, 3.8) is 0 Å². The minimum atomic E-state index is -3.99. The number of nitrogens with one attached hydrogen (secondary N) is 3. The number of nitrogens with zero attached hydrogens (tertiary/aromatic N) is 2. The molecule has 0 aliphatic heterocycles. The topological polar surface area (TPSA) is 162 Å². The fourth-order valence-electron chi connectivity index (χ4n) is 2.25. The highest BCUT2D eigenvalue weighted by Gasteiger charge is 2.27. The van der Waals surface area contributed by atoms with E-state index in [0.29, 0.717) is 0 Å². The molecule has 11 nitrogen and oxygen atoms in total. The Hall–Kier alpha value is -2.57. The van der Waals surface area contributed by atoms with Crippen molar-refractivity contribution in [2.24, 2.45) is 0 Å². The Morgan fingerprint density at radius 2 is 1.81 bits per heavy atom. The molecule has 1 aromatic carbocycles. The second-order valence-electron chi connectivity index (χ2n) is 5.16. The van der Waals surface area contributed by atoms with Crippen molar-refractivity contribution in [2.45, 2.75) is 6.54 Å². The number of rotatable bonds is 4. The van der Waals surface area contributed by atoms with Gasteiger partial charge in [-0.15, -0.1) is 0 Å². The molecule has 0 saturated heterocycles. The summed E-state index contributed by atoms with van der Waals surface area (Å²) in [6.07, 6.45) is 0.873. The Morgan fingerprint density at radius 3 is 2.38 bits per heavy atom. The Morgan fingerprint density at radius 1 is 1.15 bits per heavy atom. The van der Waals surface area contributed by atoms with Crippen LogP contribution in [0.2, 0.25) is 10.0 Å². The standard InChI is InChI=1S/C12H9Cl2N5O6S/c1-26(23,24)19(3-6-16-12(22)25-18-6)9-7(14)4(13)2-5-8(9)17-11(21)10(20)15-5/h2H,3H2,1H3,(H,15,20)(H,17,21)(H,16,18,22). The van der Waals surface area contributed by atoms with Crippen LogP contribution in [0.15, 0.2) is 25.0 Å². The average molecular weight is 422 g/mol. The normalized spacial score (nSPS) is 11.8. The molecule has 3 aromatic rings. The summed E-state index contributed by atoms with van der Waals surface area (Å²) >= 11 is 12.2. The molecule has 26 heavy (non-hydrogen) atoms. The molecule has 0 amide bonds. The molecule has 0 spiro atoms. The third-order valence-corrected chi connectivity index (χ3v) is 5.21. The van der Waals surface area contributed by atoms with Crippen molar-refractivity contribution in [3.8, 4) is 0 Å². The molecule has 2 aromatic heterocycles. The van der Waals surface area contributed by atoms with Crippen LogP contribution in [0.4, 0.5) is 5.69 Å². The second kappa shape index (κ2) is 6.30. The van der Waals surface area contributed by atoms with Crippen LogP contribution < -0.4 is 21.2 Å². The third-order valence-electron chi connectivity index (χ3n) is 3.32. The highest BCUT2D eigenvalue weighted by molar-refractivity contribution is 7.92. The SMILES string of the molecule is CS(=O)(=O)N(Cc1noc(=O)[nH]1)c1c(Cl)c(Cl)cc2[nH]c(=O)c(=O)[nH]c12. The maximum absolute atomic E-state index is 12.3. The van der Waals surface area contributed by atoms with Gasteiger partial charge in [-0.1, -0.05) is 28.4 Å². The molecular formula is C12H9Cl2N5O6S. The number of halogens is 2.